The summed E-state index contributed by atoms with van der Waals surface area (Å²) in [4.78, 5) is 28.7. The van der Waals surface area contributed by atoms with Gasteiger partial charge in [0.2, 0.25) is 21.8 Å². The number of nitrogens with zero attached hydrogens (tertiary/aromatic N) is 2. The summed E-state index contributed by atoms with van der Waals surface area (Å²) in [5.74, 6) is -0.492. The number of carbonyl (C=O) groups is 2. The Balaban J connectivity index is 2.06. The lowest BCUT2D eigenvalue weighted by Gasteiger charge is -2.33. The minimum Gasteiger partial charge on any atom is -0.497 e. The van der Waals surface area contributed by atoms with Gasteiger partial charge in [-0.05, 0) is 42.3 Å². The predicted molar refractivity (Wildman–Crippen MR) is 155 cm³/mol. The van der Waals surface area contributed by atoms with Crippen LogP contribution in [0, 0.1) is 0 Å². The molecule has 39 heavy (non-hydrogen) atoms. The highest BCUT2D eigenvalue weighted by atomic mass is 35.5. The number of amides is 2. The molecule has 0 radical (unpaired) electrons. The van der Waals surface area contributed by atoms with Gasteiger partial charge in [0.25, 0.3) is 0 Å². The second-order valence-electron chi connectivity index (χ2n) is 8.84. The molecule has 0 saturated carbocycles. The average molecular weight is 593 g/mol. The fourth-order valence-corrected chi connectivity index (χ4v) is 5.22. The fraction of sp³-hybridized carbons (Fsp3) is 0.286. The molecule has 2 amide bonds. The van der Waals surface area contributed by atoms with Crippen LogP contribution in [0.5, 0.6) is 5.75 Å². The first-order valence-electron chi connectivity index (χ1n) is 12.2. The Kier molecular flexibility index (Phi) is 10.6. The Labute approximate surface area is 239 Å². The van der Waals surface area contributed by atoms with Crippen LogP contribution < -0.4 is 14.4 Å². The van der Waals surface area contributed by atoms with Crippen molar-refractivity contribution < 1.29 is 22.7 Å². The van der Waals surface area contributed by atoms with Crippen LogP contribution in [0.25, 0.3) is 0 Å². The number of likely N-dealkylation sites (N-methyl/N-ethyl adjacent to an activating group) is 1. The summed E-state index contributed by atoms with van der Waals surface area (Å²) in [5, 5.41) is 3.46. The largest absolute Gasteiger partial charge is 0.497 e. The Bertz CT molecular complexity index is 1400. The monoisotopic (exact) mass is 591 g/mol. The maximum atomic E-state index is 14.0. The Morgan fingerprint density at radius 2 is 1.67 bits per heavy atom. The lowest BCUT2D eigenvalue weighted by atomic mass is 10.0. The zero-order valence-corrected chi connectivity index (χ0v) is 24.3. The Morgan fingerprint density at radius 1 is 0.949 bits per heavy atom. The molecule has 3 rings (SSSR count). The van der Waals surface area contributed by atoms with Crippen molar-refractivity contribution in [3.8, 4) is 5.75 Å². The molecule has 3 aromatic carbocycles. The second kappa shape index (κ2) is 13.7. The molecule has 0 bridgehead atoms. The third-order valence-electron chi connectivity index (χ3n) is 5.98. The van der Waals surface area contributed by atoms with E-state index in [0.717, 1.165) is 16.1 Å². The molecule has 3 aromatic rings. The Hall–Kier alpha value is -3.27. The summed E-state index contributed by atoms with van der Waals surface area (Å²) in [6, 6.07) is 19.7. The summed E-state index contributed by atoms with van der Waals surface area (Å²) < 4.78 is 31.9. The lowest BCUT2D eigenvalue weighted by Crippen LogP contribution is -2.53. The topological polar surface area (TPSA) is 96.0 Å². The molecule has 0 heterocycles. The number of hydrogen-bond acceptors (Lipinski definition) is 5. The molecule has 0 aromatic heterocycles. The first-order valence-corrected chi connectivity index (χ1v) is 14.8. The maximum absolute atomic E-state index is 14.0. The third kappa shape index (κ3) is 8.36. The number of halogens is 2. The van der Waals surface area contributed by atoms with Crippen molar-refractivity contribution in [3.05, 3.63) is 94.0 Å². The van der Waals surface area contributed by atoms with E-state index < -0.39 is 28.5 Å². The first-order chi connectivity index (χ1) is 18.5. The van der Waals surface area contributed by atoms with E-state index in [0.29, 0.717) is 27.9 Å². The number of carbonyl (C=O) groups excluding carboxylic acids is 2. The van der Waals surface area contributed by atoms with Gasteiger partial charge >= 0.3 is 0 Å². The van der Waals surface area contributed by atoms with E-state index in [9.17, 15) is 18.0 Å². The van der Waals surface area contributed by atoms with Crippen LogP contribution in [0.4, 0.5) is 5.69 Å². The van der Waals surface area contributed by atoms with E-state index >= 15 is 0 Å². The van der Waals surface area contributed by atoms with Crippen LogP contribution in [0.3, 0.4) is 0 Å². The van der Waals surface area contributed by atoms with Gasteiger partial charge in [0, 0.05) is 25.6 Å². The summed E-state index contributed by atoms with van der Waals surface area (Å²) in [6.07, 6.45) is 1.24. The molecule has 0 aliphatic rings. The van der Waals surface area contributed by atoms with E-state index in [1.54, 1.807) is 43.3 Å². The predicted octanol–water partition coefficient (Wildman–Crippen LogP) is 4.54. The van der Waals surface area contributed by atoms with Crippen molar-refractivity contribution in [2.45, 2.75) is 25.9 Å². The smallest absolute Gasteiger partial charge is 0.244 e. The van der Waals surface area contributed by atoms with E-state index in [2.05, 4.69) is 5.32 Å². The van der Waals surface area contributed by atoms with Gasteiger partial charge in [0.1, 0.15) is 18.3 Å². The number of ether oxygens (including phenoxy) is 1. The number of anilines is 1. The normalized spacial score (nSPS) is 11.9. The summed E-state index contributed by atoms with van der Waals surface area (Å²) in [7, 11) is -2.41. The molecule has 1 atom stereocenters. The van der Waals surface area contributed by atoms with Crippen LogP contribution in [0.1, 0.15) is 18.1 Å². The molecule has 0 spiro atoms. The number of sulfonamides is 1. The number of benzene rings is 3. The van der Waals surface area contributed by atoms with Gasteiger partial charge in [0.15, 0.2) is 0 Å². The van der Waals surface area contributed by atoms with Gasteiger partial charge in [-0.3, -0.25) is 13.9 Å². The molecule has 208 valence electrons. The number of hydrogen-bond donors (Lipinski definition) is 1. The van der Waals surface area contributed by atoms with Crippen LogP contribution in [0.2, 0.25) is 10.0 Å². The number of nitrogens with one attached hydrogen (secondary N) is 1. The van der Waals surface area contributed by atoms with Crippen molar-refractivity contribution in [2.24, 2.45) is 0 Å². The third-order valence-corrected chi connectivity index (χ3v) is 7.86. The minimum atomic E-state index is -3.88. The van der Waals surface area contributed by atoms with E-state index in [1.807, 2.05) is 30.3 Å². The minimum absolute atomic E-state index is 0.0000689. The molecule has 11 heteroatoms. The highest BCUT2D eigenvalue weighted by molar-refractivity contribution is 7.92. The van der Waals surface area contributed by atoms with Crippen molar-refractivity contribution in [1.82, 2.24) is 10.2 Å². The zero-order valence-electron chi connectivity index (χ0n) is 21.9. The van der Waals surface area contributed by atoms with Gasteiger partial charge < -0.3 is 15.0 Å². The summed E-state index contributed by atoms with van der Waals surface area (Å²) in [6.45, 7) is 1.62. The van der Waals surface area contributed by atoms with Gasteiger partial charge in [-0.2, -0.15) is 0 Å². The van der Waals surface area contributed by atoms with E-state index in [4.69, 9.17) is 27.9 Å². The van der Waals surface area contributed by atoms with Crippen molar-refractivity contribution >= 4 is 50.7 Å². The highest BCUT2D eigenvalue weighted by Crippen LogP contribution is 2.26. The molecule has 8 nitrogen and oxygen atoms in total. The molecule has 1 N–H and O–H groups in total. The quantitative estimate of drug-likeness (QED) is 0.333. The molecule has 0 saturated heterocycles. The average Bonchev–Trinajstić information content (AvgIpc) is 2.91. The highest BCUT2D eigenvalue weighted by Gasteiger charge is 2.33. The van der Waals surface area contributed by atoms with Crippen LogP contribution >= 0.6 is 23.2 Å². The lowest BCUT2D eigenvalue weighted by molar-refractivity contribution is -0.140. The fourth-order valence-electron chi connectivity index (χ4n) is 4.06. The first kappa shape index (κ1) is 30.3. The van der Waals surface area contributed by atoms with E-state index in [-0.39, 0.29) is 24.6 Å². The molecule has 0 aliphatic carbocycles. The van der Waals surface area contributed by atoms with Gasteiger partial charge in [-0.1, -0.05) is 65.7 Å². The van der Waals surface area contributed by atoms with Crippen molar-refractivity contribution in [2.75, 3.05) is 30.8 Å². The standard InChI is InChI=1S/C28H31Cl2N3O5S/c1-4-31-28(35)26(16-20-9-6-5-7-10-20)32(18-21-13-14-24(29)25(30)15-21)27(34)19-33(39(3,36)37)22-11-8-12-23(17-22)38-2/h5-15,17,26H,4,16,18-19H2,1-3H3,(H,31,35). The van der Waals surface area contributed by atoms with Crippen molar-refractivity contribution in [1.29, 1.82) is 0 Å². The van der Waals surface area contributed by atoms with Gasteiger partial charge in [-0.15, -0.1) is 0 Å². The maximum Gasteiger partial charge on any atom is 0.244 e. The van der Waals surface area contributed by atoms with Crippen LogP contribution in [-0.2, 0) is 32.6 Å². The molecule has 1 unspecified atom stereocenters. The molecule has 0 fully saturated rings. The second-order valence-corrected chi connectivity index (χ2v) is 11.6. The SMILES string of the molecule is CCNC(=O)C(Cc1ccccc1)N(Cc1ccc(Cl)c(Cl)c1)C(=O)CN(c1cccc(OC)c1)S(C)(=O)=O. The molecule has 0 aliphatic heterocycles. The Morgan fingerprint density at radius 3 is 2.28 bits per heavy atom. The summed E-state index contributed by atoms with van der Waals surface area (Å²) >= 11 is 12.3. The number of rotatable bonds is 12. The van der Waals surface area contributed by atoms with Crippen LogP contribution in [-0.4, -0.2) is 57.6 Å². The van der Waals surface area contributed by atoms with Gasteiger partial charge in [-0.25, -0.2) is 8.42 Å². The van der Waals surface area contributed by atoms with Gasteiger partial charge in [0.05, 0.1) is 29.1 Å². The summed E-state index contributed by atoms with van der Waals surface area (Å²) in [5.41, 5.74) is 1.73. The molecular weight excluding hydrogens is 561 g/mol. The van der Waals surface area contributed by atoms with Crippen molar-refractivity contribution in [3.63, 3.8) is 0 Å². The van der Waals surface area contributed by atoms with Crippen LogP contribution in [0.15, 0.2) is 72.8 Å². The number of methoxy groups -OCH3 is 1. The molecular formula is C28H31Cl2N3O5S. The zero-order chi connectivity index (χ0) is 28.6. The van der Waals surface area contributed by atoms with E-state index in [1.165, 1.54) is 18.1 Å².